The van der Waals surface area contributed by atoms with Gasteiger partial charge < -0.3 is 9.40 Å². The maximum absolute atomic E-state index is 13.3. The molecule has 4 aromatic rings. The van der Waals surface area contributed by atoms with E-state index in [1.165, 1.54) is 10.6 Å². The number of nitrogens with zero attached hydrogens (tertiary/aromatic N) is 1. The van der Waals surface area contributed by atoms with Crippen LogP contribution in [0.1, 0.15) is 22.5 Å². The zero-order valence-electron chi connectivity index (χ0n) is 16.8. The van der Waals surface area contributed by atoms with E-state index in [9.17, 15) is 13.2 Å². The first-order chi connectivity index (χ1) is 14.4. The van der Waals surface area contributed by atoms with Crippen LogP contribution >= 0.6 is 0 Å². The van der Waals surface area contributed by atoms with E-state index in [-0.39, 0.29) is 23.5 Å². The number of sulfonamides is 1. The van der Waals surface area contributed by atoms with Crippen LogP contribution in [0.4, 0.5) is 0 Å². The zero-order valence-corrected chi connectivity index (χ0v) is 17.6. The number of aromatic nitrogens is 1. The highest BCUT2D eigenvalue weighted by Crippen LogP contribution is 2.23. The second-order valence-electron chi connectivity index (χ2n) is 7.28. The Morgan fingerprint density at radius 2 is 1.67 bits per heavy atom. The van der Waals surface area contributed by atoms with Crippen molar-refractivity contribution in [2.24, 2.45) is 0 Å². The first kappa shape index (κ1) is 20.1. The van der Waals surface area contributed by atoms with Crippen LogP contribution in [0.25, 0.3) is 10.9 Å². The van der Waals surface area contributed by atoms with Gasteiger partial charge in [0.05, 0.1) is 23.2 Å². The molecule has 0 radical (unpaired) electrons. The van der Waals surface area contributed by atoms with Crippen LogP contribution in [0.15, 0.2) is 81.0 Å². The second-order valence-corrected chi connectivity index (χ2v) is 9.22. The number of fused-ring (bicyclic) bond motifs is 1. The Balaban J connectivity index is 1.80. The number of H-pyrrole nitrogens is 1. The molecule has 4 rings (SSSR count). The first-order valence-electron chi connectivity index (χ1n) is 9.56. The van der Waals surface area contributed by atoms with Gasteiger partial charge in [-0.3, -0.25) is 4.79 Å². The van der Waals surface area contributed by atoms with Crippen molar-refractivity contribution in [3.8, 4) is 0 Å². The van der Waals surface area contributed by atoms with Gasteiger partial charge in [0.2, 0.25) is 10.0 Å². The van der Waals surface area contributed by atoms with Crippen LogP contribution in [0.5, 0.6) is 0 Å². The van der Waals surface area contributed by atoms with Gasteiger partial charge >= 0.3 is 0 Å². The largest absolute Gasteiger partial charge is 0.468 e. The fraction of sp³-hybridized carbons (Fsp3) is 0.174. The second kappa shape index (κ2) is 7.93. The Hall–Kier alpha value is -3.16. The third-order valence-corrected chi connectivity index (χ3v) is 6.97. The van der Waals surface area contributed by atoms with Crippen molar-refractivity contribution in [1.29, 1.82) is 0 Å². The van der Waals surface area contributed by atoms with Gasteiger partial charge in [0.1, 0.15) is 5.76 Å². The van der Waals surface area contributed by atoms with Gasteiger partial charge in [-0.15, -0.1) is 0 Å². The van der Waals surface area contributed by atoms with Crippen LogP contribution in [-0.2, 0) is 23.1 Å². The minimum absolute atomic E-state index is 0.0223. The van der Waals surface area contributed by atoms with Gasteiger partial charge in [-0.2, -0.15) is 4.31 Å². The average Bonchev–Trinajstić information content (AvgIpc) is 3.25. The molecular weight excluding hydrogens is 400 g/mol. The van der Waals surface area contributed by atoms with Gasteiger partial charge in [0.15, 0.2) is 0 Å². The molecule has 6 nitrogen and oxygen atoms in total. The summed E-state index contributed by atoms with van der Waals surface area (Å²) in [5, 5.41) is 0.902. The molecule has 0 spiro atoms. The fourth-order valence-corrected chi connectivity index (χ4v) is 4.87. The summed E-state index contributed by atoms with van der Waals surface area (Å²) >= 11 is 0. The monoisotopic (exact) mass is 422 g/mol. The molecule has 0 aliphatic carbocycles. The van der Waals surface area contributed by atoms with Crippen molar-refractivity contribution in [3.63, 3.8) is 0 Å². The van der Waals surface area contributed by atoms with Gasteiger partial charge in [0.25, 0.3) is 5.56 Å². The van der Waals surface area contributed by atoms with E-state index in [0.717, 1.165) is 22.0 Å². The summed E-state index contributed by atoms with van der Waals surface area (Å²) in [6, 6.07) is 17.3. The molecule has 0 bridgehead atoms. The number of benzene rings is 2. The zero-order chi connectivity index (χ0) is 21.3. The number of pyridine rings is 1. The highest BCUT2D eigenvalue weighted by molar-refractivity contribution is 7.89. The molecule has 0 saturated carbocycles. The third kappa shape index (κ3) is 3.81. The van der Waals surface area contributed by atoms with Crippen molar-refractivity contribution in [2.45, 2.75) is 31.8 Å². The number of rotatable bonds is 6. The Morgan fingerprint density at radius 3 is 2.37 bits per heavy atom. The highest BCUT2D eigenvalue weighted by Gasteiger charge is 2.26. The number of hydrogen-bond donors (Lipinski definition) is 1. The molecule has 154 valence electrons. The van der Waals surface area contributed by atoms with Gasteiger partial charge in [0, 0.05) is 17.5 Å². The normalized spacial score (nSPS) is 12.0. The number of nitrogens with one attached hydrogen (secondary N) is 1. The van der Waals surface area contributed by atoms with Crippen molar-refractivity contribution >= 4 is 20.9 Å². The molecule has 0 fully saturated rings. The van der Waals surface area contributed by atoms with E-state index >= 15 is 0 Å². The molecule has 2 aromatic carbocycles. The lowest BCUT2D eigenvalue weighted by atomic mass is 10.0. The maximum Gasteiger partial charge on any atom is 0.252 e. The van der Waals surface area contributed by atoms with Crippen LogP contribution in [0, 0.1) is 13.8 Å². The van der Waals surface area contributed by atoms with E-state index in [0.29, 0.717) is 11.3 Å². The van der Waals surface area contributed by atoms with Crippen molar-refractivity contribution in [3.05, 3.63) is 99.7 Å². The van der Waals surface area contributed by atoms with Crippen LogP contribution < -0.4 is 5.56 Å². The molecule has 0 saturated heterocycles. The van der Waals surface area contributed by atoms with E-state index in [1.807, 2.05) is 26.0 Å². The Labute approximate surface area is 174 Å². The maximum atomic E-state index is 13.3. The van der Waals surface area contributed by atoms with E-state index in [1.54, 1.807) is 48.5 Å². The summed E-state index contributed by atoms with van der Waals surface area (Å²) in [5.74, 6) is 0.499. The lowest BCUT2D eigenvalue weighted by Gasteiger charge is -2.21. The van der Waals surface area contributed by atoms with Crippen LogP contribution in [0.3, 0.4) is 0 Å². The lowest BCUT2D eigenvalue weighted by molar-refractivity contribution is 0.357. The minimum Gasteiger partial charge on any atom is -0.468 e. The molecular formula is C23H22N2O4S. The number of aryl methyl sites for hydroxylation is 2. The molecule has 30 heavy (non-hydrogen) atoms. The average molecular weight is 423 g/mol. The predicted molar refractivity (Wildman–Crippen MR) is 116 cm³/mol. The molecule has 0 amide bonds. The summed E-state index contributed by atoms with van der Waals surface area (Å²) in [7, 11) is -3.84. The fourth-order valence-electron chi connectivity index (χ4n) is 3.47. The number of furan rings is 1. The topological polar surface area (TPSA) is 83.4 Å². The molecule has 0 aliphatic rings. The van der Waals surface area contributed by atoms with Crippen LogP contribution in [-0.4, -0.2) is 17.7 Å². The summed E-state index contributed by atoms with van der Waals surface area (Å²) in [6.07, 6.45) is 1.50. The third-order valence-electron chi connectivity index (χ3n) is 5.16. The van der Waals surface area contributed by atoms with E-state index in [4.69, 9.17) is 4.42 Å². The quantitative estimate of drug-likeness (QED) is 0.506. The predicted octanol–water partition coefficient (Wildman–Crippen LogP) is 4.13. The summed E-state index contributed by atoms with van der Waals surface area (Å²) in [6.45, 7) is 3.84. The molecule has 0 atom stereocenters. The SMILES string of the molecule is Cc1ccc(C)c2[nH]c(=O)c(CN(Cc3ccco3)S(=O)(=O)c3ccccc3)cc12. The van der Waals surface area contributed by atoms with Crippen molar-refractivity contribution < 1.29 is 12.8 Å². The molecule has 7 heteroatoms. The van der Waals surface area contributed by atoms with Crippen molar-refractivity contribution in [2.75, 3.05) is 0 Å². The number of aromatic amines is 1. The Kier molecular flexibility index (Phi) is 5.32. The minimum atomic E-state index is -3.84. The number of hydrogen-bond acceptors (Lipinski definition) is 4. The summed E-state index contributed by atoms with van der Waals surface area (Å²) in [5.41, 5.74) is 2.82. The van der Waals surface area contributed by atoms with Gasteiger partial charge in [-0.1, -0.05) is 30.3 Å². The highest BCUT2D eigenvalue weighted by atomic mass is 32.2. The first-order valence-corrected chi connectivity index (χ1v) is 11.0. The van der Waals surface area contributed by atoms with E-state index < -0.39 is 10.0 Å². The van der Waals surface area contributed by atoms with E-state index in [2.05, 4.69) is 4.98 Å². The molecule has 2 heterocycles. The molecule has 1 N–H and O–H groups in total. The van der Waals surface area contributed by atoms with Crippen LogP contribution in [0.2, 0.25) is 0 Å². The molecule has 0 unspecified atom stereocenters. The van der Waals surface area contributed by atoms with Gasteiger partial charge in [-0.05, 0) is 55.3 Å². The molecule has 0 aliphatic heterocycles. The molecule has 2 aromatic heterocycles. The van der Waals surface area contributed by atoms with Crippen molar-refractivity contribution in [1.82, 2.24) is 9.29 Å². The standard InChI is InChI=1S/C23H22N2O4S/c1-16-10-11-17(2)22-21(16)13-18(23(26)24-22)14-25(15-19-7-6-12-29-19)30(27,28)20-8-4-3-5-9-20/h3-13H,14-15H2,1-2H3,(H,24,26). The summed E-state index contributed by atoms with van der Waals surface area (Å²) in [4.78, 5) is 15.9. The smallest absolute Gasteiger partial charge is 0.252 e. The lowest BCUT2D eigenvalue weighted by Crippen LogP contribution is -2.32. The summed E-state index contributed by atoms with van der Waals surface area (Å²) < 4.78 is 33.3. The van der Waals surface area contributed by atoms with Gasteiger partial charge in [-0.25, -0.2) is 8.42 Å². The Morgan fingerprint density at radius 1 is 0.933 bits per heavy atom. The Bertz CT molecular complexity index is 1340.